The van der Waals surface area contributed by atoms with Crippen molar-refractivity contribution in [1.29, 1.82) is 0 Å². The molecule has 1 heterocycles. The van der Waals surface area contributed by atoms with Gasteiger partial charge in [-0.1, -0.05) is 48.5 Å². The van der Waals surface area contributed by atoms with E-state index in [9.17, 15) is 13.2 Å². The number of hydrogen-bond donors (Lipinski definition) is 3. The predicted molar refractivity (Wildman–Crippen MR) is 97.7 cm³/mol. The first-order chi connectivity index (χ1) is 12.1. The number of hydrogen-bond acceptors (Lipinski definition) is 3. The van der Waals surface area contributed by atoms with E-state index < -0.39 is 10.0 Å². The first kappa shape index (κ1) is 17.2. The van der Waals surface area contributed by atoms with E-state index in [2.05, 4.69) is 15.0 Å². The number of carbonyl (C=O) groups excluding carboxylic acids is 1. The van der Waals surface area contributed by atoms with Gasteiger partial charge in [0.2, 0.25) is 10.0 Å². The Hall–Kier alpha value is -2.64. The number of benzene rings is 2. The van der Waals surface area contributed by atoms with E-state index >= 15 is 0 Å². The van der Waals surface area contributed by atoms with Gasteiger partial charge in [0.25, 0.3) is 5.91 Å². The maximum absolute atomic E-state index is 12.2. The highest BCUT2D eigenvalue weighted by atomic mass is 32.2. The zero-order valence-electron chi connectivity index (χ0n) is 13.5. The van der Waals surface area contributed by atoms with Crippen LogP contribution in [0.2, 0.25) is 0 Å². The second-order valence-corrected chi connectivity index (χ2v) is 7.56. The lowest BCUT2D eigenvalue weighted by Crippen LogP contribution is -2.34. The number of amides is 1. The molecule has 7 heteroatoms. The Morgan fingerprint density at radius 3 is 2.52 bits per heavy atom. The molecule has 1 amide bonds. The Bertz CT molecular complexity index is 965. The minimum Gasteiger partial charge on any atom is -0.360 e. The van der Waals surface area contributed by atoms with Crippen molar-refractivity contribution in [2.45, 2.75) is 6.54 Å². The standard InChI is InChI=1S/C18H19N3O3S/c22-18(16-13-20-17-9-5-4-8-15(16)17)19-10-11-25(23,24)21-12-14-6-2-1-3-7-14/h1-9,13,20-21H,10-12H2,(H,19,22). The lowest BCUT2D eigenvalue weighted by atomic mass is 10.1. The second-order valence-electron chi connectivity index (χ2n) is 5.63. The Kier molecular flexibility index (Phi) is 5.16. The number of sulfonamides is 1. The molecule has 0 radical (unpaired) electrons. The summed E-state index contributed by atoms with van der Waals surface area (Å²) in [6.45, 7) is 0.280. The van der Waals surface area contributed by atoms with E-state index in [1.165, 1.54) is 0 Å². The van der Waals surface area contributed by atoms with Crippen molar-refractivity contribution < 1.29 is 13.2 Å². The summed E-state index contributed by atoms with van der Waals surface area (Å²) in [6.07, 6.45) is 1.63. The van der Waals surface area contributed by atoms with Gasteiger partial charge in [-0.3, -0.25) is 4.79 Å². The summed E-state index contributed by atoms with van der Waals surface area (Å²) in [5.41, 5.74) is 2.25. The molecule has 0 saturated heterocycles. The lowest BCUT2D eigenvalue weighted by Gasteiger charge is -2.08. The van der Waals surface area contributed by atoms with Crippen LogP contribution in [0.5, 0.6) is 0 Å². The van der Waals surface area contributed by atoms with Gasteiger partial charge in [0.1, 0.15) is 0 Å². The molecule has 3 N–H and O–H groups in total. The summed E-state index contributed by atoms with van der Waals surface area (Å²) in [5.74, 6) is -0.468. The number of aromatic nitrogens is 1. The molecule has 0 spiro atoms. The molecular weight excluding hydrogens is 338 g/mol. The van der Waals surface area contributed by atoms with Crippen molar-refractivity contribution in [1.82, 2.24) is 15.0 Å². The first-order valence-corrected chi connectivity index (χ1v) is 9.56. The molecule has 0 bridgehead atoms. The molecular formula is C18H19N3O3S. The number of rotatable bonds is 7. The Labute approximate surface area is 146 Å². The number of nitrogens with one attached hydrogen (secondary N) is 3. The van der Waals surface area contributed by atoms with E-state index in [0.29, 0.717) is 5.56 Å². The van der Waals surface area contributed by atoms with Gasteiger partial charge in [0.05, 0.1) is 11.3 Å². The summed E-state index contributed by atoms with van der Waals surface area (Å²) in [5, 5.41) is 3.46. The fourth-order valence-corrected chi connectivity index (χ4v) is 3.42. The van der Waals surface area contributed by atoms with Crippen molar-refractivity contribution in [3.8, 4) is 0 Å². The smallest absolute Gasteiger partial charge is 0.253 e. The van der Waals surface area contributed by atoms with E-state index in [4.69, 9.17) is 0 Å². The molecule has 0 fully saturated rings. The number of H-pyrrole nitrogens is 1. The normalized spacial score (nSPS) is 11.5. The third-order valence-corrected chi connectivity index (χ3v) is 5.15. The zero-order valence-corrected chi connectivity index (χ0v) is 14.3. The van der Waals surface area contributed by atoms with Crippen molar-refractivity contribution in [3.05, 3.63) is 71.9 Å². The van der Waals surface area contributed by atoms with Crippen LogP contribution in [0, 0.1) is 0 Å². The van der Waals surface area contributed by atoms with Crippen LogP contribution in [0.4, 0.5) is 0 Å². The predicted octanol–water partition coefficient (Wildman–Crippen LogP) is 2.02. The highest BCUT2D eigenvalue weighted by Gasteiger charge is 2.14. The molecule has 2 aromatic carbocycles. The maximum Gasteiger partial charge on any atom is 0.253 e. The average Bonchev–Trinajstić information content (AvgIpc) is 3.05. The van der Waals surface area contributed by atoms with Gasteiger partial charge < -0.3 is 10.3 Å². The van der Waals surface area contributed by atoms with Gasteiger partial charge in [0.15, 0.2) is 0 Å². The number of para-hydroxylation sites is 1. The van der Waals surface area contributed by atoms with E-state index in [-0.39, 0.29) is 24.7 Å². The summed E-state index contributed by atoms with van der Waals surface area (Å²) in [4.78, 5) is 15.3. The van der Waals surface area contributed by atoms with Gasteiger partial charge in [-0.2, -0.15) is 0 Å². The van der Waals surface area contributed by atoms with Crippen molar-refractivity contribution in [2.75, 3.05) is 12.3 Å². The van der Waals surface area contributed by atoms with Crippen LogP contribution < -0.4 is 10.0 Å². The Morgan fingerprint density at radius 2 is 1.72 bits per heavy atom. The van der Waals surface area contributed by atoms with Gasteiger partial charge in [-0.25, -0.2) is 13.1 Å². The van der Waals surface area contributed by atoms with E-state index in [1.807, 2.05) is 54.6 Å². The summed E-state index contributed by atoms with van der Waals surface area (Å²) in [6, 6.07) is 16.7. The van der Waals surface area contributed by atoms with E-state index in [1.54, 1.807) is 6.20 Å². The number of aromatic amines is 1. The molecule has 3 rings (SSSR count). The Balaban J connectivity index is 1.52. The van der Waals surface area contributed by atoms with Crippen LogP contribution in [-0.2, 0) is 16.6 Å². The maximum atomic E-state index is 12.2. The van der Waals surface area contributed by atoms with Crippen LogP contribution in [0.3, 0.4) is 0 Å². The molecule has 25 heavy (non-hydrogen) atoms. The highest BCUT2D eigenvalue weighted by Crippen LogP contribution is 2.17. The van der Waals surface area contributed by atoms with Crippen LogP contribution in [-0.4, -0.2) is 31.6 Å². The third-order valence-electron chi connectivity index (χ3n) is 3.83. The zero-order chi connectivity index (χ0) is 17.7. The first-order valence-electron chi connectivity index (χ1n) is 7.91. The lowest BCUT2D eigenvalue weighted by molar-refractivity contribution is 0.0958. The minimum atomic E-state index is -3.46. The molecule has 0 aliphatic carbocycles. The molecule has 130 valence electrons. The summed E-state index contributed by atoms with van der Waals surface area (Å²) >= 11 is 0. The molecule has 0 saturated carbocycles. The fraction of sp³-hybridized carbons (Fsp3) is 0.167. The molecule has 0 atom stereocenters. The third kappa shape index (κ3) is 4.46. The van der Waals surface area contributed by atoms with Crippen LogP contribution in [0.1, 0.15) is 15.9 Å². The quantitative estimate of drug-likeness (QED) is 0.604. The minimum absolute atomic E-state index is 0.0441. The summed E-state index contributed by atoms with van der Waals surface area (Å²) in [7, 11) is -3.46. The van der Waals surface area contributed by atoms with Gasteiger partial charge in [0, 0.05) is 30.2 Å². The van der Waals surface area contributed by atoms with Crippen molar-refractivity contribution in [2.24, 2.45) is 0 Å². The Morgan fingerprint density at radius 1 is 1.00 bits per heavy atom. The fourth-order valence-electron chi connectivity index (χ4n) is 2.51. The second kappa shape index (κ2) is 7.50. The topological polar surface area (TPSA) is 91.1 Å². The highest BCUT2D eigenvalue weighted by molar-refractivity contribution is 7.89. The van der Waals surface area contributed by atoms with Crippen LogP contribution >= 0.6 is 0 Å². The molecule has 0 aliphatic heterocycles. The molecule has 3 aromatic rings. The van der Waals surface area contributed by atoms with Gasteiger partial charge >= 0.3 is 0 Å². The largest absolute Gasteiger partial charge is 0.360 e. The van der Waals surface area contributed by atoms with Crippen LogP contribution in [0.25, 0.3) is 10.9 Å². The van der Waals surface area contributed by atoms with Crippen LogP contribution in [0.15, 0.2) is 60.8 Å². The van der Waals surface area contributed by atoms with Crippen molar-refractivity contribution in [3.63, 3.8) is 0 Å². The number of carbonyl (C=O) groups is 1. The van der Waals surface area contributed by atoms with Gasteiger partial charge in [-0.05, 0) is 11.6 Å². The molecule has 0 unspecified atom stereocenters. The monoisotopic (exact) mass is 357 g/mol. The SMILES string of the molecule is O=C(NCCS(=O)(=O)NCc1ccccc1)c1c[nH]c2ccccc12. The van der Waals surface area contributed by atoms with Crippen molar-refractivity contribution >= 4 is 26.8 Å². The molecule has 6 nitrogen and oxygen atoms in total. The molecule has 0 aliphatic rings. The average molecular weight is 357 g/mol. The summed E-state index contributed by atoms with van der Waals surface area (Å²) < 4.78 is 26.6. The molecule has 1 aromatic heterocycles. The van der Waals surface area contributed by atoms with Gasteiger partial charge in [-0.15, -0.1) is 0 Å². The number of fused-ring (bicyclic) bond motifs is 1. The van der Waals surface area contributed by atoms with E-state index in [0.717, 1.165) is 16.5 Å².